The van der Waals surface area contributed by atoms with E-state index in [1.807, 2.05) is 4.68 Å². The molecule has 0 amide bonds. The van der Waals surface area contributed by atoms with Gasteiger partial charge in [0.2, 0.25) is 0 Å². The van der Waals surface area contributed by atoms with E-state index >= 15 is 0 Å². The molecule has 1 fully saturated rings. The first kappa shape index (κ1) is 9.95. The Morgan fingerprint density at radius 3 is 3.07 bits per heavy atom. The summed E-state index contributed by atoms with van der Waals surface area (Å²) in [5, 5.41) is 4.19. The molecular weight excluding hydrogens is 295 g/mol. The van der Waals surface area contributed by atoms with Crippen molar-refractivity contribution in [2.24, 2.45) is 0 Å². The second kappa shape index (κ2) is 3.88. The van der Waals surface area contributed by atoms with Crippen LogP contribution in [0.1, 0.15) is 36.2 Å². The predicted octanol–water partition coefficient (Wildman–Crippen LogP) is 2.00. The van der Waals surface area contributed by atoms with Crippen molar-refractivity contribution >= 4 is 28.6 Å². The number of hydrogen-bond donors (Lipinski definition) is 0. The molecule has 1 aliphatic carbocycles. The molecule has 0 aromatic carbocycles. The summed E-state index contributed by atoms with van der Waals surface area (Å²) in [5.41, 5.74) is 0.583. The fourth-order valence-electron chi connectivity index (χ4n) is 1.27. The van der Waals surface area contributed by atoms with E-state index in [2.05, 4.69) is 27.7 Å². The summed E-state index contributed by atoms with van der Waals surface area (Å²) in [6.07, 6.45) is 3.93. The molecule has 0 spiro atoms. The number of nitrogens with zero attached hydrogens (tertiary/aromatic N) is 2. The Morgan fingerprint density at radius 2 is 2.50 bits per heavy atom. The summed E-state index contributed by atoms with van der Waals surface area (Å²) >= 11 is 2.15. The van der Waals surface area contributed by atoms with Crippen LogP contribution in [0.25, 0.3) is 0 Å². The van der Waals surface area contributed by atoms with Crippen molar-refractivity contribution in [1.29, 1.82) is 0 Å². The van der Waals surface area contributed by atoms with E-state index in [1.54, 1.807) is 13.1 Å². The molecule has 0 saturated heterocycles. The molecule has 1 saturated carbocycles. The predicted molar refractivity (Wildman–Crippen MR) is 59.2 cm³/mol. The van der Waals surface area contributed by atoms with Gasteiger partial charge in [-0.25, -0.2) is 4.79 Å². The number of carbonyl (C=O) groups excluding carboxylic acids is 1. The van der Waals surface area contributed by atoms with Crippen LogP contribution in [0, 0.1) is 3.70 Å². The van der Waals surface area contributed by atoms with Gasteiger partial charge in [0, 0.05) is 0 Å². The molecule has 0 atom stereocenters. The number of esters is 1. The molecule has 4 nitrogen and oxygen atoms in total. The topological polar surface area (TPSA) is 44.1 Å². The Kier molecular flexibility index (Phi) is 2.76. The first-order chi connectivity index (χ1) is 6.74. The smallest absolute Gasteiger partial charge is 0.342 e. The van der Waals surface area contributed by atoms with Crippen LogP contribution in [0.2, 0.25) is 0 Å². The van der Waals surface area contributed by atoms with E-state index < -0.39 is 0 Å². The van der Waals surface area contributed by atoms with E-state index in [-0.39, 0.29) is 5.97 Å². The van der Waals surface area contributed by atoms with Crippen LogP contribution in [0.3, 0.4) is 0 Å². The van der Waals surface area contributed by atoms with Crippen LogP contribution in [0.15, 0.2) is 6.20 Å². The summed E-state index contributed by atoms with van der Waals surface area (Å²) in [4.78, 5) is 11.4. The van der Waals surface area contributed by atoms with Gasteiger partial charge < -0.3 is 4.74 Å². The third kappa shape index (κ3) is 1.77. The van der Waals surface area contributed by atoms with Crippen molar-refractivity contribution in [3.05, 3.63) is 15.5 Å². The van der Waals surface area contributed by atoms with Gasteiger partial charge in [0.25, 0.3) is 0 Å². The lowest BCUT2D eigenvalue weighted by Crippen LogP contribution is -2.07. The Labute approximate surface area is 95.8 Å². The Morgan fingerprint density at radius 1 is 1.79 bits per heavy atom. The van der Waals surface area contributed by atoms with Gasteiger partial charge in [-0.3, -0.25) is 4.68 Å². The highest BCUT2D eigenvalue weighted by Crippen LogP contribution is 2.36. The number of hydrogen-bond acceptors (Lipinski definition) is 3. The molecule has 0 bridgehead atoms. The minimum absolute atomic E-state index is 0.274. The van der Waals surface area contributed by atoms with E-state index in [9.17, 15) is 4.79 Å². The lowest BCUT2D eigenvalue weighted by atomic mass is 10.4. The highest BCUT2D eigenvalue weighted by atomic mass is 127. The van der Waals surface area contributed by atoms with Crippen molar-refractivity contribution < 1.29 is 9.53 Å². The molecule has 0 aliphatic heterocycles. The minimum atomic E-state index is -0.274. The zero-order valence-corrected chi connectivity index (χ0v) is 10.0. The van der Waals surface area contributed by atoms with Gasteiger partial charge in [-0.1, -0.05) is 0 Å². The van der Waals surface area contributed by atoms with E-state index in [0.29, 0.717) is 18.2 Å². The third-order valence-corrected chi connectivity index (χ3v) is 3.20. The monoisotopic (exact) mass is 306 g/mol. The average molecular weight is 306 g/mol. The molecule has 1 aliphatic rings. The Balaban J connectivity index is 2.21. The Hall–Kier alpha value is -0.590. The van der Waals surface area contributed by atoms with E-state index in [1.165, 1.54) is 12.8 Å². The van der Waals surface area contributed by atoms with Gasteiger partial charge in [-0.05, 0) is 42.4 Å². The fourth-order valence-corrected chi connectivity index (χ4v) is 2.14. The molecular formula is C9H11IN2O2. The molecule has 5 heteroatoms. The maximum absolute atomic E-state index is 11.4. The lowest BCUT2D eigenvalue weighted by molar-refractivity contribution is 0.0525. The molecule has 1 aromatic rings. The first-order valence-corrected chi connectivity index (χ1v) is 5.72. The molecule has 1 heterocycles. The van der Waals surface area contributed by atoms with Crippen molar-refractivity contribution in [2.75, 3.05) is 6.61 Å². The fraction of sp³-hybridized carbons (Fsp3) is 0.556. The van der Waals surface area contributed by atoms with Crippen LogP contribution >= 0.6 is 22.6 Å². The van der Waals surface area contributed by atoms with Crippen LogP contribution in [0.5, 0.6) is 0 Å². The number of ether oxygens (including phenoxy) is 1. The molecule has 0 N–H and O–H groups in total. The lowest BCUT2D eigenvalue weighted by Gasteiger charge is -2.01. The Bertz CT molecular complexity index is 358. The minimum Gasteiger partial charge on any atom is -0.462 e. The quantitative estimate of drug-likeness (QED) is 0.634. The highest BCUT2D eigenvalue weighted by molar-refractivity contribution is 14.1. The van der Waals surface area contributed by atoms with Crippen molar-refractivity contribution in [2.45, 2.75) is 25.8 Å². The van der Waals surface area contributed by atoms with Crippen molar-refractivity contribution in [1.82, 2.24) is 9.78 Å². The molecule has 1 aromatic heterocycles. The maximum atomic E-state index is 11.4. The summed E-state index contributed by atoms with van der Waals surface area (Å²) in [6, 6.07) is 0.505. The first-order valence-electron chi connectivity index (χ1n) is 4.64. The number of carbonyl (C=O) groups is 1. The molecule has 14 heavy (non-hydrogen) atoms. The normalized spacial score (nSPS) is 15.6. The van der Waals surface area contributed by atoms with Crippen LogP contribution < -0.4 is 0 Å². The van der Waals surface area contributed by atoms with Gasteiger partial charge >= 0.3 is 5.97 Å². The highest BCUT2D eigenvalue weighted by Gasteiger charge is 2.28. The second-order valence-corrected chi connectivity index (χ2v) is 4.27. The van der Waals surface area contributed by atoms with Crippen LogP contribution in [0.4, 0.5) is 0 Å². The largest absolute Gasteiger partial charge is 0.462 e. The van der Waals surface area contributed by atoms with Gasteiger partial charge in [-0.2, -0.15) is 5.10 Å². The zero-order valence-electron chi connectivity index (χ0n) is 7.86. The summed E-state index contributed by atoms with van der Waals surface area (Å²) in [6.45, 7) is 2.21. The SMILES string of the molecule is CCOC(=O)c1cnn(C2CC2)c1I. The molecule has 2 rings (SSSR count). The zero-order chi connectivity index (χ0) is 10.1. The van der Waals surface area contributed by atoms with E-state index in [0.717, 1.165) is 3.70 Å². The van der Waals surface area contributed by atoms with Gasteiger partial charge in [0.15, 0.2) is 0 Å². The van der Waals surface area contributed by atoms with E-state index in [4.69, 9.17) is 4.74 Å². The van der Waals surface area contributed by atoms with Gasteiger partial charge in [-0.15, -0.1) is 0 Å². The van der Waals surface area contributed by atoms with Crippen molar-refractivity contribution in [3.63, 3.8) is 0 Å². The number of aromatic nitrogens is 2. The maximum Gasteiger partial charge on any atom is 0.342 e. The summed E-state index contributed by atoms with van der Waals surface area (Å²) in [5.74, 6) is -0.274. The van der Waals surface area contributed by atoms with Gasteiger partial charge in [0.05, 0.1) is 18.8 Å². The summed E-state index contributed by atoms with van der Waals surface area (Å²) < 4.78 is 7.73. The van der Waals surface area contributed by atoms with Crippen molar-refractivity contribution in [3.8, 4) is 0 Å². The second-order valence-electron chi connectivity index (χ2n) is 3.25. The molecule has 76 valence electrons. The number of halogens is 1. The number of rotatable bonds is 3. The van der Waals surface area contributed by atoms with Gasteiger partial charge in [0.1, 0.15) is 9.26 Å². The molecule has 0 unspecified atom stereocenters. The summed E-state index contributed by atoms with van der Waals surface area (Å²) in [7, 11) is 0. The third-order valence-electron chi connectivity index (χ3n) is 2.12. The van der Waals surface area contributed by atoms with Crippen LogP contribution in [-0.2, 0) is 4.74 Å². The average Bonchev–Trinajstić information content (AvgIpc) is 2.91. The standard InChI is InChI=1S/C9H11IN2O2/c1-2-14-9(13)7-5-11-12(8(7)10)6-3-4-6/h5-6H,2-4H2,1H3. The molecule has 0 radical (unpaired) electrons. The van der Waals surface area contributed by atoms with Crippen LogP contribution in [-0.4, -0.2) is 22.4 Å².